The van der Waals surface area contributed by atoms with Crippen LogP contribution in [0.2, 0.25) is 5.02 Å². The number of rotatable bonds is 3. The molecule has 2 aromatic heterocycles. The van der Waals surface area contributed by atoms with Gasteiger partial charge >= 0.3 is 5.63 Å². The molecule has 2 aromatic carbocycles. The molecule has 0 atom stereocenters. The number of aryl methyl sites for hydroxylation is 1. The van der Waals surface area contributed by atoms with Crippen LogP contribution in [0.3, 0.4) is 0 Å². The van der Waals surface area contributed by atoms with Crippen LogP contribution in [0.15, 0.2) is 51.7 Å². The number of carbonyl (C=O) groups excluding carboxylic acids is 2. The fourth-order valence-corrected chi connectivity index (χ4v) is 3.38. The Morgan fingerprint density at radius 1 is 1.10 bits per heavy atom. The first-order valence-electron chi connectivity index (χ1n) is 8.88. The van der Waals surface area contributed by atoms with E-state index >= 15 is 0 Å². The first-order valence-corrected chi connectivity index (χ1v) is 9.26. The predicted octanol–water partition coefficient (Wildman–Crippen LogP) is 3.32. The predicted molar refractivity (Wildman–Crippen MR) is 112 cm³/mol. The number of ether oxygens (including phenoxy) is 1. The van der Waals surface area contributed by atoms with E-state index in [9.17, 15) is 14.4 Å². The van der Waals surface area contributed by atoms with Gasteiger partial charge < -0.3 is 14.1 Å². The minimum atomic E-state index is -0.852. The van der Waals surface area contributed by atoms with Crippen LogP contribution in [-0.2, 0) is 0 Å². The smallest absolute Gasteiger partial charge is 0.349 e. The molecule has 0 aliphatic rings. The highest BCUT2D eigenvalue weighted by Crippen LogP contribution is 2.25. The molecule has 3 N–H and O–H groups in total. The number of nitrogens with one attached hydrogen (secondary N) is 3. The molecular formula is C21H16ClN3O5. The van der Waals surface area contributed by atoms with Crippen LogP contribution in [0.5, 0.6) is 5.75 Å². The summed E-state index contributed by atoms with van der Waals surface area (Å²) in [5, 5.41) is 1.85. The quantitative estimate of drug-likeness (QED) is 0.344. The van der Waals surface area contributed by atoms with Crippen molar-refractivity contribution < 1.29 is 18.7 Å². The maximum Gasteiger partial charge on any atom is 0.349 e. The number of para-hydroxylation sites is 1. The Labute approximate surface area is 174 Å². The van der Waals surface area contributed by atoms with E-state index in [1.54, 1.807) is 43.3 Å². The van der Waals surface area contributed by atoms with Crippen molar-refractivity contribution in [1.29, 1.82) is 0 Å². The summed E-state index contributed by atoms with van der Waals surface area (Å²) in [4.78, 5) is 40.2. The first kappa shape index (κ1) is 19.5. The van der Waals surface area contributed by atoms with Gasteiger partial charge in [0.2, 0.25) is 0 Å². The Bertz CT molecular complexity index is 1370. The lowest BCUT2D eigenvalue weighted by Crippen LogP contribution is -2.43. The summed E-state index contributed by atoms with van der Waals surface area (Å²) >= 11 is 6.01. The number of aromatic amines is 1. The lowest BCUT2D eigenvalue weighted by molar-refractivity contribution is 0.0842. The van der Waals surface area contributed by atoms with E-state index in [4.69, 9.17) is 20.8 Å². The molecule has 0 aliphatic carbocycles. The summed E-state index contributed by atoms with van der Waals surface area (Å²) < 4.78 is 10.4. The van der Waals surface area contributed by atoms with Gasteiger partial charge in [0.1, 0.15) is 11.3 Å². The van der Waals surface area contributed by atoms with Crippen molar-refractivity contribution in [3.8, 4) is 5.75 Å². The van der Waals surface area contributed by atoms with Gasteiger partial charge in [-0.05, 0) is 42.8 Å². The number of hydrazine groups is 1. The summed E-state index contributed by atoms with van der Waals surface area (Å²) in [6.45, 7) is 1.76. The van der Waals surface area contributed by atoms with Crippen molar-refractivity contribution in [1.82, 2.24) is 15.8 Å². The average Bonchev–Trinajstić information content (AvgIpc) is 3.06. The summed E-state index contributed by atoms with van der Waals surface area (Å²) in [6.07, 6.45) is 0. The molecule has 0 unspecified atom stereocenters. The van der Waals surface area contributed by atoms with E-state index in [1.807, 2.05) is 0 Å². The van der Waals surface area contributed by atoms with Crippen molar-refractivity contribution in [3.63, 3.8) is 0 Å². The van der Waals surface area contributed by atoms with Crippen LogP contribution in [-0.4, -0.2) is 23.9 Å². The third-order valence-electron chi connectivity index (χ3n) is 4.73. The third-order valence-corrected chi connectivity index (χ3v) is 4.96. The van der Waals surface area contributed by atoms with Crippen LogP contribution in [0, 0.1) is 6.92 Å². The highest BCUT2D eigenvalue weighted by molar-refractivity contribution is 6.31. The number of halogens is 1. The second-order valence-corrected chi connectivity index (χ2v) is 6.99. The van der Waals surface area contributed by atoms with E-state index in [1.165, 1.54) is 13.2 Å². The molecule has 4 rings (SSSR count). The molecule has 0 fully saturated rings. The largest absolute Gasteiger partial charge is 0.493 e. The van der Waals surface area contributed by atoms with Crippen molar-refractivity contribution in [2.75, 3.05) is 7.11 Å². The topological polar surface area (TPSA) is 113 Å². The number of hydrogen-bond acceptors (Lipinski definition) is 5. The van der Waals surface area contributed by atoms with Gasteiger partial charge in [-0.1, -0.05) is 23.7 Å². The molecule has 152 valence electrons. The van der Waals surface area contributed by atoms with Gasteiger partial charge in [0.25, 0.3) is 11.8 Å². The normalized spacial score (nSPS) is 10.9. The molecule has 2 amide bonds. The van der Waals surface area contributed by atoms with Gasteiger partial charge in [-0.2, -0.15) is 0 Å². The van der Waals surface area contributed by atoms with Crippen LogP contribution < -0.4 is 21.2 Å². The van der Waals surface area contributed by atoms with E-state index in [-0.39, 0.29) is 16.8 Å². The number of methoxy groups -OCH3 is 1. The monoisotopic (exact) mass is 425 g/mol. The van der Waals surface area contributed by atoms with Gasteiger partial charge in [-0.3, -0.25) is 20.4 Å². The highest BCUT2D eigenvalue weighted by atomic mass is 35.5. The van der Waals surface area contributed by atoms with Crippen LogP contribution in [0.1, 0.15) is 26.4 Å². The van der Waals surface area contributed by atoms with Crippen molar-refractivity contribution >= 4 is 45.3 Å². The molecule has 4 aromatic rings. The number of carbonyl (C=O) groups is 2. The van der Waals surface area contributed by atoms with Gasteiger partial charge in [0, 0.05) is 21.3 Å². The standard InChI is InChI=1S/C21H16ClN3O5/c1-10-13-9-12(22)6-7-15(13)23-17(10)20(27)25-24-19(26)14-8-11-4-3-5-16(29-2)18(11)30-21(14)28/h3-9,23H,1-2H3,(H,24,26)(H,25,27). The molecular weight excluding hydrogens is 410 g/mol. The van der Waals surface area contributed by atoms with E-state index < -0.39 is 17.4 Å². The zero-order chi connectivity index (χ0) is 21.4. The van der Waals surface area contributed by atoms with Crippen LogP contribution >= 0.6 is 11.6 Å². The van der Waals surface area contributed by atoms with E-state index in [2.05, 4.69) is 15.8 Å². The molecule has 0 saturated carbocycles. The SMILES string of the molecule is COc1cccc2cc(C(=O)NNC(=O)c3[nH]c4ccc(Cl)cc4c3C)c(=O)oc12. The number of H-pyrrole nitrogens is 1. The average molecular weight is 426 g/mol. The number of fused-ring (bicyclic) bond motifs is 2. The fraction of sp³-hybridized carbons (Fsp3) is 0.0952. The number of benzene rings is 2. The number of hydrogen-bond donors (Lipinski definition) is 3. The molecule has 0 radical (unpaired) electrons. The number of amides is 2. The summed E-state index contributed by atoms with van der Waals surface area (Å²) in [6, 6.07) is 11.6. The number of aromatic nitrogens is 1. The summed E-state index contributed by atoms with van der Waals surface area (Å²) in [5.74, 6) is -1.00. The lowest BCUT2D eigenvalue weighted by Gasteiger charge is -2.08. The zero-order valence-corrected chi connectivity index (χ0v) is 16.7. The Balaban J connectivity index is 1.56. The molecule has 0 aliphatic heterocycles. The summed E-state index contributed by atoms with van der Waals surface area (Å²) in [5.41, 5.74) is 5.35. The molecule has 8 nitrogen and oxygen atoms in total. The minimum absolute atomic E-state index is 0.234. The second-order valence-electron chi connectivity index (χ2n) is 6.55. The van der Waals surface area contributed by atoms with Crippen molar-refractivity contribution in [2.45, 2.75) is 6.92 Å². The maximum atomic E-state index is 12.5. The molecule has 2 heterocycles. The van der Waals surface area contributed by atoms with Crippen LogP contribution in [0.25, 0.3) is 21.9 Å². The highest BCUT2D eigenvalue weighted by Gasteiger charge is 2.19. The molecule has 0 bridgehead atoms. The molecule has 9 heteroatoms. The Kier molecular flexibility index (Phi) is 4.93. The van der Waals surface area contributed by atoms with Crippen molar-refractivity contribution in [3.05, 3.63) is 74.7 Å². The zero-order valence-electron chi connectivity index (χ0n) is 16.0. The second kappa shape index (κ2) is 7.57. The Hall–Kier alpha value is -3.78. The van der Waals surface area contributed by atoms with Gasteiger partial charge in [0.05, 0.1) is 7.11 Å². The summed E-state index contributed by atoms with van der Waals surface area (Å²) in [7, 11) is 1.45. The lowest BCUT2D eigenvalue weighted by atomic mass is 10.1. The molecule has 0 spiro atoms. The van der Waals surface area contributed by atoms with Gasteiger partial charge in [-0.25, -0.2) is 4.79 Å². The Morgan fingerprint density at radius 3 is 2.63 bits per heavy atom. The van der Waals surface area contributed by atoms with Crippen LogP contribution in [0.4, 0.5) is 0 Å². The Morgan fingerprint density at radius 2 is 1.87 bits per heavy atom. The van der Waals surface area contributed by atoms with E-state index in [0.29, 0.717) is 21.7 Å². The molecule has 30 heavy (non-hydrogen) atoms. The van der Waals surface area contributed by atoms with Gasteiger partial charge in [-0.15, -0.1) is 0 Å². The third kappa shape index (κ3) is 3.37. The van der Waals surface area contributed by atoms with E-state index in [0.717, 1.165) is 10.9 Å². The van der Waals surface area contributed by atoms with Gasteiger partial charge in [0.15, 0.2) is 11.3 Å². The maximum absolute atomic E-state index is 12.5. The first-order chi connectivity index (χ1) is 14.4. The van der Waals surface area contributed by atoms with Crippen molar-refractivity contribution in [2.24, 2.45) is 0 Å². The minimum Gasteiger partial charge on any atom is -0.493 e. The fourth-order valence-electron chi connectivity index (χ4n) is 3.21. The molecule has 0 saturated heterocycles.